The Bertz CT molecular complexity index is 292. The molecule has 0 unspecified atom stereocenters. The minimum atomic E-state index is -0.755. The van der Waals surface area contributed by atoms with Crippen molar-refractivity contribution in [2.45, 2.75) is 52.1 Å². The third kappa shape index (κ3) is 2.11. The van der Waals surface area contributed by atoms with Gasteiger partial charge in [0.1, 0.15) is 0 Å². The van der Waals surface area contributed by atoms with Crippen LogP contribution in [-0.2, 0) is 0 Å². The number of hydrogen-bond acceptors (Lipinski definition) is 1. The zero-order chi connectivity index (χ0) is 11.5. The van der Waals surface area contributed by atoms with Crippen molar-refractivity contribution in [3.05, 3.63) is 12.7 Å². The Labute approximate surface area is 93.6 Å². The molecule has 1 aliphatic rings. The second-order valence-corrected chi connectivity index (χ2v) is 5.13. The molecule has 0 aromatic carbocycles. The molecule has 1 aliphatic carbocycles. The number of hydrogen-bond donors (Lipinski definition) is 1. The molecule has 0 aromatic heterocycles. The van der Waals surface area contributed by atoms with Gasteiger partial charge in [-0.1, -0.05) is 26.3 Å². The van der Waals surface area contributed by atoms with Gasteiger partial charge in [-0.15, -0.1) is 18.4 Å². The predicted octanol–water partition coefficient (Wildman–Crippen LogP) is 3.14. The molecule has 1 nitrogen and oxygen atoms in total. The van der Waals surface area contributed by atoms with Crippen molar-refractivity contribution in [1.82, 2.24) is 0 Å². The van der Waals surface area contributed by atoms with Gasteiger partial charge in [-0.2, -0.15) is 0 Å². The van der Waals surface area contributed by atoms with Crippen molar-refractivity contribution in [3.63, 3.8) is 0 Å². The summed E-state index contributed by atoms with van der Waals surface area (Å²) in [6.45, 7) is 9.91. The first-order valence-electron chi connectivity index (χ1n) is 5.73. The van der Waals surface area contributed by atoms with Crippen molar-refractivity contribution in [1.29, 1.82) is 0 Å². The third-order valence-electron chi connectivity index (χ3n) is 3.90. The SMILES string of the molecule is C=C[C@]1(O)[C@@H](CC#CC)CCCC1(C)C. The third-order valence-corrected chi connectivity index (χ3v) is 3.90. The highest BCUT2D eigenvalue weighted by molar-refractivity contribution is 5.14. The van der Waals surface area contributed by atoms with E-state index in [1.165, 1.54) is 6.42 Å². The molecule has 1 N–H and O–H groups in total. The van der Waals surface area contributed by atoms with Crippen molar-refractivity contribution in [3.8, 4) is 11.8 Å². The zero-order valence-electron chi connectivity index (χ0n) is 10.1. The van der Waals surface area contributed by atoms with Crippen molar-refractivity contribution in [2.24, 2.45) is 11.3 Å². The van der Waals surface area contributed by atoms with Crippen LogP contribution in [0, 0.1) is 23.2 Å². The van der Waals surface area contributed by atoms with Gasteiger partial charge >= 0.3 is 0 Å². The summed E-state index contributed by atoms with van der Waals surface area (Å²) >= 11 is 0. The highest BCUT2D eigenvalue weighted by Crippen LogP contribution is 2.48. The first-order valence-corrected chi connectivity index (χ1v) is 5.73. The van der Waals surface area contributed by atoms with Crippen LogP contribution < -0.4 is 0 Å². The van der Waals surface area contributed by atoms with E-state index in [1.807, 2.05) is 6.92 Å². The quantitative estimate of drug-likeness (QED) is 0.543. The van der Waals surface area contributed by atoms with E-state index < -0.39 is 5.60 Å². The summed E-state index contributed by atoms with van der Waals surface area (Å²) < 4.78 is 0. The molecule has 1 rings (SSSR count). The molecule has 0 saturated heterocycles. The Kier molecular flexibility index (Phi) is 3.62. The van der Waals surface area contributed by atoms with Crippen molar-refractivity contribution < 1.29 is 5.11 Å². The van der Waals surface area contributed by atoms with Crippen LogP contribution in [0.5, 0.6) is 0 Å². The molecule has 1 heteroatoms. The predicted molar refractivity (Wildman–Crippen MR) is 64.3 cm³/mol. The lowest BCUT2D eigenvalue weighted by Crippen LogP contribution is -2.51. The van der Waals surface area contributed by atoms with Crippen LogP contribution in [0.2, 0.25) is 0 Å². The lowest BCUT2D eigenvalue weighted by molar-refractivity contribution is -0.0981. The van der Waals surface area contributed by atoms with Crippen LogP contribution in [0.1, 0.15) is 46.5 Å². The summed E-state index contributed by atoms with van der Waals surface area (Å²) in [4.78, 5) is 0. The summed E-state index contributed by atoms with van der Waals surface area (Å²) in [6.07, 6.45) is 5.81. The van der Waals surface area contributed by atoms with Crippen molar-refractivity contribution in [2.75, 3.05) is 0 Å². The van der Waals surface area contributed by atoms with Gasteiger partial charge in [-0.3, -0.25) is 0 Å². The van der Waals surface area contributed by atoms with E-state index in [0.717, 1.165) is 19.3 Å². The Balaban J connectivity index is 2.93. The molecular formula is C14H22O. The van der Waals surface area contributed by atoms with E-state index in [9.17, 15) is 5.11 Å². The zero-order valence-corrected chi connectivity index (χ0v) is 10.1. The van der Waals surface area contributed by atoms with E-state index in [2.05, 4.69) is 32.3 Å². The van der Waals surface area contributed by atoms with E-state index in [4.69, 9.17) is 0 Å². The van der Waals surface area contributed by atoms with Gasteiger partial charge in [0.05, 0.1) is 5.60 Å². The summed E-state index contributed by atoms with van der Waals surface area (Å²) in [6, 6.07) is 0. The largest absolute Gasteiger partial charge is 0.385 e. The van der Waals surface area contributed by atoms with E-state index >= 15 is 0 Å². The Morgan fingerprint density at radius 3 is 2.73 bits per heavy atom. The molecule has 0 aromatic rings. The van der Waals surface area contributed by atoms with Gasteiger partial charge < -0.3 is 5.11 Å². The summed E-state index contributed by atoms with van der Waals surface area (Å²) in [5.74, 6) is 6.24. The molecule has 0 aliphatic heterocycles. The maximum absolute atomic E-state index is 10.7. The molecule has 0 radical (unpaired) electrons. The van der Waals surface area contributed by atoms with Gasteiger partial charge in [0, 0.05) is 12.3 Å². The van der Waals surface area contributed by atoms with Crippen molar-refractivity contribution >= 4 is 0 Å². The van der Waals surface area contributed by atoms with E-state index in [0.29, 0.717) is 0 Å². The number of rotatable bonds is 2. The highest BCUT2D eigenvalue weighted by atomic mass is 16.3. The van der Waals surface area contributed by atoms with Crippen LogP contribution >= 0.6 is 0 Å². The first-order chi connectivity index (χ1) is 6.98. The average molecular weight is 206 g/mol. The topological polar surface area (TPSA) is 20.2 Å². The van der Waals surface area contributed by atoms with Gasteiger partial charge in [0.2, 0.25) is 0 Å². The molecule has 0 amide bonds. The lowest BCUT2D eigenvalue weighted by Gasteiger charge is -2.49. The first kappa shape index (κ1) is 12.3. The normalized spacial score (nSPS) is 34.0. The molecule has 1 fully saturated rings. The molecular weight excluding hydrogens is 184 g/mol. The molecule has 84 valence electrons. The van der Waals surface area contributed by atoms with E-state index in [1.54, 1.807) is 6.08 Å². The van der Waals surface area contributed by atoms with Gasteiger partial charge in [0.25, 0.3) is 0 Å². The second-order valence-electron chi connectivity index (χ2n) is 5.13. The number of aliphatic hydroxyl groups is 1. The average Bonchev–Trinajstić information content (AvgIpc) is 2.20. The second kappa shape index (κ2) is 4.41. The Hall–Kier alpha value is -0.740. The molecule has 15 heavy (non-hydrogen) atoms. The maximum Gasteiger partial charge on any atom is 0.0912 e. The van der Waals surface area contributed by atoms with Gasteiger partial charge in [-0.25, -0.2) is 0 Å². The summed E-state index contributed by atoms with van der Waals surface area (Å²) in [5.41, 5.74) is -0.831. The molecule has 0 bridgehead atoms. The van der Waals surface area contributed by atoms with Gasteiger partial charge in [-0.05, 0) is 25.2 Å². The summed E-state index contributed by atoms with van der Waals surface area (Å²) in [5, 5.41) is 10.7. The van der Waals surface area contributed by atoms with Crippen LogP contribution in [-0.4, -0.2) is 10.7 Å². The molecule has 0 heterocycles. The maximum atomic E-state index is 10.7. The monoisotopic (exact) mass is 206 g/mol. The van der Waals surface area contributed by atoms with Gasteiger partial charge in [0.15, 0.2) is 0 Å². The lowest BCUT2D eigenvalue weighted by atomic mass is 9.59. The fourth-order valence-corrected chi connectivity index (χ4v) is 2.69. The minimum absolute atomic E-state index is 0.0763. The highest BCUT2D eigenvalue weighted by Gasteiger charge is 2.48. The van der Waals surface area contributed by atoms with Crippen LogP contribution in [0.15, 0.2) is 12.7 Å². The molecule has 1 saturated carbocycles. The smallest absolute Gasteiger partial charge is 0.0912 e. The Morgan fingerprint density at radius 1 is 1.53 bits per heavy atom. The van der Waals surface area contributed by atoms with Crippen LogP contribution in [0.3, 0.4) is 0 Å². The molecule has 2 atom stereocenters. The van der Waals surface area contributed by atoms with E-state index in [-0.39, 0.29) is 11.3 Å². The standard InChI is InChI=1S/C14H22O/c1-5-7-9-12-10-8-11-13(3,4)14(12,15)6-2/h6,12,15H,2,8-11H2,1,3-4H3/t12-,14-/m0/s1. The van der Waals surface area contributed by atoms with Crippen LogP contribution in [0.4, 0.5) is 0 Å². The summed E-state index contributed by atoms with van der Waals surface area (Å²) in [7, 11) is 0. The minimum Gasteiger partial charge on any atom is -0.385 e. The fraction of sp³-hybridized carbons (Fsp3) is 0.714. The Morgan fingerprint density at radius 2 is 2.20 bits per heavy atom. The van der Waals surface area contributed by atoms with Crippen LogP contribution in [0.25, 0.3) is 0 Å². The molecule has 0 spiro atoms. The fourth-order valence-electron chi connectivity index (χ4n) is 2.69.